The van der Waals surface area contributed by atoms with Gasteiger partial charge in [0.15, 0.2) is 0 Å². The number of hydrogen-bond donors (Lipinski definition) is 0. The SMILES string of the molecule is C1=CCOC1.CC=CC. The second kappa shape index (κ2) is 7.44. The molecule has 52 valence electrons. The molecule has 0 saturated heterocycles. The monoisotopic (exact) mass is 126 g/mol. The molecular weight excluding hydrogens is 112 g/mol. The summed E-state index contributed by atoms with van der Waals surface area (Å²) in [6.07, 6.45) is 8.03. The quantitative estimate of drug-likeness (QED) is 0.452. The predicted octanol–water partition coefficient (Wildman–Crippen LogP) is 2.16. The summed E-state index contributed by atoms with van der Waals surface area (Å²) in [4.78, 5) is 0. The molecule has 1 aliphatic heterocycles. The molecule has 1 heterocycles. The van der Waals surface area contributed by atoms with E-state index in [1.165, 1.54) is 0 Å². The Morgan fingerprint density at radius 3 is 1.67 bits per heavy atom. The minimum Gasteiger partial charge on any atom is -0.373 e. The molecular formula is C8H14O. The molecule has 0 radical (unpaired) electrons. The van der Waals surface area contributed by atoms with Gasteiger partial charge in [-0.2, -0.15) is 0 Å². The Morgan fingerprint density at radius 2 is 1.56 bits per heavy atom. The van der Waals surface area contributed by atoms with Crippen LogP contribution in [0.5, 0.6) is 0 Å². The van der Waals surface area contributed by atoms with Crippen LogP contribution in [0.1, 0.15) is 13.8 Å². The third-order valence-corrected chi connectivity index (χ3v) is 0.928. The lowest BCUT2D eigenvalue weighted by molar-refractivity contribution is 0.213. The number of hydrogen-bond acceptors (Lipinski definition) is 1. The van der Waals surface area contributed by atoms with E-state index in [0.29, 0.717) is 0 Å². The normalized spacial score (nSPS) is 15.8. The summed E-state index contributed by atoms with van der Waals surface area (Å²) in [6.45, 7) is 5.64. The molecule has 9 heavy (non-hydrogen) atoms. The fourth-order valence-electron chi connectivity index (χ4n) is 0.340. The standard InChI is InChI=1S/C4H6O.C4H8/c1-2-4-5-3-1;1-3-4-2/h1-2H,3-4H2;3-4H,1-2H3. The van der Waals surface area contributed by atoms with Crippen molar-refractivity contribution >= 4 is 0 Å². The molecule has 1 nitrogen and oxygen atoms in total. The van der Waals surface area contributed by atoms with Gasteiger partial charge in [0.2, 0.25) is 0 Å². The van der Waals surface area contributed by atoms with Gasteiger partial charge in [-0.1, -0.05) is 24.3 Å². The van der Waals surface area contributed by atoms with Crippen LogP contribution in [0.2, 0.25) is 0 Å². The van der Waals surface area contributed by atoms with Gasteiger partial charge in [-0.05, 0) is 13.8 Å². The first kappa shape index (κ1) is 8.44. The maximum atomic E-state index is 4.83. The van der Waals surface area contributed by atoms with Gasteiger partial charge in [0.1, 0.15) is 0 Å². The molecule has 1 aliphatic rings. The maximum Gasteiger partial charge on any atom is 0.0652 e. The van der Waals surface area contributed by atoms with Crippen molar-refractivity contribution in [3.8, 4) is 0 Å². The zero-order valence-corrected chi connectivity index (χ0v) is 6.13. The fraction of sp³-hybridized carbons (Fsp3) is 0.500. The third-order valence-electron chi connectivity index (χ3n) is 0.928. The Balaban J connectivity index is 0.000000148. The van der Waals surface area contributed by atoms with Crippen molar-refractivity contribution in [3.63, 3.8) is 0 Å². The van der Waals surface area contributed by atoms with Gasteiger partial charge in [0.25, 0.3) is 0 Å². The first-order valence-electron chi connectivity index (χ1n) is 3.22. The first-order valence-corrected chi connectivity index (χ1v) is 3.22. The fourth-order valence-corrected chi connectivity index (χ4v) is 0.340. The van der Waals surface area contributed by atoms with Crippen LogP contribution in [-0.2, 0) is 4.74 Å². The molecule has 0 unspecified atom stereocenters. The van der Waals surface area contributed by atoms with Crippen LogP contribution in [0, 0.1) is 0 Å². The van der Waals surface area contributed by atoms with Crippen LogP contribution in [0.3, 0.4) is 0 Å². The average molecular weight is 126 g/mol. The molecule has 0 spiro atoms. The summed E-state index contributed by atoms with van der Waals surface area (Å²) in [6, 6.07) is 0. The average Bonchev–Trinajstić information content (AvgIpc) is 2.43. The van der Waals surface area contributed by atoms with Gasteiger partial charge in [0.05, 0.1) is 13.2 Å². The van der Waals surface area contributed by atoms with E-state index in [9.17, 15) is 0 Å². The lowest BCUT2D eigenvalue weighted by atomic mass is 10.6. The number of rotatable bonds is 0. The zero-order chi connectivity index (χ0) is 6.95. The van der Waals surface area contributed by atoms with Crippen LogP contribution < -0.4 is 0 Å². The van der Waals surface area contributed by atoms with E-state index in [1.807, 2.05) is 38.2 Å². The Kier molecular flexibility index (Phi) is 6.98. The highest BCUT2D eigenvalue weighted by Gasteiger charge is 1.83. The van der Waals surface area contributed by atoms with E-state index < -0.39 is 0 Å². The molecule has 0 aromatic heterocycles. The van der Waals surface area contributed by atoms with Crippen molar-refractivity contribution in [2.75, 3.05) is 13.2 Å². The highest BCUT2D eigenvalue weighted by atomic mass is 16.5. The highest BCUT2D eigenvalue weighted by Crippen LogP contribution is 1.85. The minimum atomic E-state index is 0.819. The van der Waals surface area contributed by atoms with E-state index in [-0.39, 0.29) is 0 Å². The van der Waals surface area contributed by atoms with Gasteiger partial charge in [-0.25, -0.2) is 0 Å². The zero-order valence-electron chi connectivity index (χ0n) is 6.13. The molecule has 0 aromatic carbocycles. The molecule has 1 rings (SSSR count). The summed E-state index contributed by atoms with van der Waals surface area (Å²) in [7, 11) is 0. The summed E-state index contributed by atoms with van der Waals surface area (Å²) in [5.41, 5.74) is 0. The Morgan fingerprint density at radius 1 is 1.11 bits per heavy atom. The van der Waals surface area contributed by atoms with E-state index in [4.69, 9.17) is 4.74 Å². The van der Waals surface area contributed by atoms with Crippen LogP contribution in [0.4, 0.5) is 0 Å². The second-order valence-corrected chi connectivity index (χ2v) is 1.68. The van der Waals surface area contributed by atoms with Crippen molar-refractivity contribution in [1.82, 2.24) is 0 Å². The van der Waals surface area contributed by atoms with E-state index in [1.54, 1.807) is 0 Å². The van der Waals surface area contributed by atoms with E-state index >= 15 is 0 Å². The van der Waals surface area contributed by atoms with Crippen LogP contribution in [0.15, 0.2) is 24.3 Å². The number of allylic oxidation sites excluding steroid dienone is 2. The molecule has 0 N–H and O–H groups in total. The second-order valence-electron chi connectivity index (χ2n) is 1.68. The van der Waals surface area contributed by atoms with Crippen LogP contribution in [-0.4, -0.2) is 13.2 Å². The topological polar surface area (TPSA) is 9.23 Å². The molecule has 0 aliphatic carbocycles. The van der Waals surface area contributed by atoms with Crippen molar-refractivity contribution in [3.05, 3.63) is 24.3 Å². The molecule has 0 atom stereocenters. The molecule has 0 aromatic rings. The van der Waals surface area contributed by atoms with Crippen molar-refractivity contribution in [2.24, 2.45) is 0 Å². The Hall–Kier alpha value is -0.560. The smallest absolute Gasteiger partial charge is 0.0652 e. The lowest BCUT2D eigenvalue weighted by Gasteiger charge is -1.77. The van der Waals surface area contributed by atoms with Crippen molar-refractivity contribution in [2.45, 2.75) is 13.8 Å². The predicted molar refractivity (Wildman–Crippen MR) is 40.4 cm³/mol. The van der Waals surface area contributed by atoms with Crippen molar-refractivity contribution < 1.29 is 4.74 Å². The highest BCUT2D eigenvalue weighted by molar-refractivity contribution is 4.86. The third kappa shape index (κ3) is 7.44. The van der Waals surface area contributed by atoms with Gasteiger partial charge in [-0.3, -0.25) is 0 Å². The van der Waals surface area contributed by atoms with Crippen LogP contribution >= 0.6 is 0 Å². The molecule has 0 amide bonds. The summed E-state index contributed by atoms with van der Waals surface area (Å²) >= 11 is 0. The molecule has 0 bridgehead atoms. The molecule has 1 heteroatoms. The van der Waals surface area contributed by atoms with Crippen LogP contribution in [0.25, 0.3) is 0 Å². The van der Waals surface area contributed by atoms with Crippen molar-refractivity contribution in [1.29, 1.82) is 0 Å². The van der Waals surface area contributed by atoms with Gasteiger partial charge in [0, 0.05) is 0 Å². The van der Waals surface area contributed by atoms with E-state index in [2.05, 4.69) is 0 Å². The van der Waals surface area contributed by atoms with Gasteiger partial charge < -0.3 is 4.74 Å². The summed E-state index contributed by atoms with van der Waals surface area (Å²) in [5.74, 6) is 0. The number of ether oxygens (including phenoxy) is 1. The lowest BCUT2D eigenvalue weighted by Crippen LogP contribution is -1.76. The van der Waals surface area contributed by atoms with Gasteiger partial charge in [-0.15, -0.1) is 0 Å². The Labute approximate surface area is 57.0 Å². The van der Waals surface area contributed by atoms with Gasteiger partial charge >= 0.3 is 0 Å². The summed E-state index contributed by atoms with van der Waals surface area (Å²) < 4.78 is 4.83. The maximum absolute atomic E-state index is 4.83. The first-order chi connectivity index (χ1) is 4.41. The molecule has 0 fully saturated rings. The molecule has 0 saturated carbocycles. The minimum absolute atomic E-state index is 0.819. The Bertz CT molecular complexity index is 82.7. The summed E-state index contributed by atoms with van der Waals surface area (Å²) in [5, 5.41) is 0. The largest absolute Gasteiger partial charge is 0.373 e. The van der Waals surface area contributed by atoms with E-state index in [0.717, 1.165) is 13.2 Å².